The summed E-state index contributed by atoms with van der Waals surface area (Å²) in [6.07, 6.45) is 0.223. The number of nitrogens with zero attached hydrogens (tertiary/aromatic N) is 1. The minimum absolute atomic E-state index is 0.00520. The van der Waals surface area contributed by atoms with E-state index in [9.17, 15) is 19.5 Å². The molecule has 112 valence electrons. The minimum Gasteiger partial charge on any atom is -0.480 e. The number of aliphatic carboxylic acids is 1. The summed E-state index contributed by atoms with van der Waals surface area (Å²) in [6.45, 7) is 0.0926. The molecular formula is C15H17NO5. The maximum absolute atomic E-state index is 12.0. The number of esters is 1. The van der Waals surface area contributed by atoms with Crippen LogP contribution in [0.3, 0.4) is 0 Å². The molecule has 6 nitrogen and oxygen atoms in total. The highest BCUT2D eigenvalue weighted by molar-refractivity contribution is 5.90. The molecule has 0 aliphatic carbocycles. The standard InChI is InChI=1S/C15H17NO5/c1-21-15(20)11-8-13(17)16(9-11)12(14(18)19)7-10-5-3-2-4-6-10/h2-6,11-12H,7-9H2,1H3,(H,18,19)/t11?,12-/m0/s1. The normalized spacial score (nSPS) is 19.4. The van der Waals surface area contributed by atoms with Crippen molar-refractivity contribution < 1.29 is 24.2 Å². The summed E-state index contributed by atoms with van der Waals surface area (Å²) in [4.78, 5) is 36.2. The first-order valence-electron chi connectivity index (χ1n) is 6.67. The first-order chi connectivity index (χ1) is 10.0. The van der Waals surface area contributed by atoms with Crippen LogP contribution in [0.5, 0.6) is 0 Å². The van der Waals surface area contributed by atoms with Crippen LogP contribution in [-0.4, -0.2) is 47.5 Å². The molecule has 1 unspecified atom stereocenters. The van der Waals surface area contributed by atoms with Gasteiger partial charge in [0.25, 0.3) is 0 Å². The maximum atomic E-state index is 12.0. The van der Waals surface area contributed by atoms with Gasteiger partial charge in [-0.2, -0.15) is 0 Å². The Morgan fingerprint density at radius 2 is 2.05 bits per heavy atom. The number of carboxylic acids is 1. The Morgan fingerprint density at radius 3 is 2.62 bits per heavy atom. The van der Waals surface area contributed by atoms with Gasteiger partial charge in [0.15, 0.2) is 0 Å². The molecule has 2 atom stereocenters. The van der Waals surface area contributed by atoms with Crippen molar-refractivity contribution in [3.05, 3.63) is 35.9 Å². The summed E-state index contributed by atoms with van der Waals surface area (Å²) in [6, 6.07) is 8.14. The molecule has 1 fully saturated rings. The lowest BCUT2D eigenvalue weighted by Crippen LogP contribution is -2.44. The lowest BCUT2D eigenvalue weighted by Gasteiger charge is -2.24. The monoisotopic (exact) mass is 291 g/mol. The highest BCUT2D eigenvalue weighted by Gasteiger charge is 2.40. The van der Waals surface area contributed by atoms with E-state index in [0.29, 0.717) is 0 Å². The summed E-state index contributed by atoms with van der Waals surface area (Å²) in [5.41, 5.74) is 0.833. The number of carbonyl (C=O) groups excluding carboxylic acids is 2. The Bertz CT molecular complexity index is 542. The zero-order valence-corrected chi connectivity index (χ0v) is 11.7. The number of methoxy groups -OCH3 is 1. The van der Waals surface area contributed by atoms with Gasteiger partial charge < -0.3 is 14.7 Å². The molecule has 1 amide bonds. The Kier molecular flexibility index (Phi) is 4.57. The topological polar surface area (TPSA) is 83.9 Å². The van der Waals surface area contributed by atoms with E-state index in [0.717, 1.165) is 5.56 Å². The van der Waals surface area contributed by atoms with E-state index in [-0.39, 0.29) is 25.3 Å². The van der Waals surface area contributed by atoms with Crippen molar-refractivity contribution in [2.75, 3.05) is 13.7 Å². The van der Waals surface area contributed by atoms with Crippen LogP contribution in [0.4, 0.5) is 0 Å². The van der Waals surface area contributed by atoms with Crippen molar-refractivity contribution >= 4 is 17.8 Å². The lowest BCUT2D eigenvalue weighted by atomic mass is 10.0. The van der Waals surface area contributed by atoms with Gasteiger partial charge in [0.2, 0.25) is 5.91 Å². The molecule has 0 bridgehead atoms. The third-order valence-corrected chi connectivity index (χ3v) is 3.63. The summed E-state index contributed by atoms with van der Waals surface area (Å²) in [5.74, 6) is -2.46. The molecule has 1 aliphatic heterocycles. The average molecular weight is 291 g/mol. The number of carboxylic acid groups (broad SMARTS) is 1. The van der Waals surface area contributed by atoms with Gasteiger partial charge in [0, 0.05) is 19.4 Å². The highest BCUT2D eigenvalue weighted by Crippen LogP contribution is 2.23. The van der Waals surface area contributed by atoms with Crippen molar-refractivity contribution in [1.29, 1.82) is 0 Å². The molecule has 1 N–H and O–H groups in total. The Labute approximate surface area is 122 Å². The van der Waals surface area contributed by atoms with E-state index in [2.05, 4.69) is 4.74 Å². The van der Waals surface area contributed by atoms with E-state index in [1.54, 1.807) is 0 Å². The summed E-state index contributed by atoms with van der Waals surface area (Å²) in [7, 11) is 1.26. The van der Waals surface area contributed by atoms with Crippen LogP contribution in [0, 0.1) is 5.92 Å². The molecule has 1 saturated heterocycles. The number of benzene rings is 1. The second kappa shape index (κ2) is 6.39. The van der Waals surface area contributed by atoms with Crippen LogP contribution in [0.1, 0.15) is 12.0 Å². The molecule has 1 aromatic rings. The zero-order chi connectivity index (χ0) is 15.4. The summed E-state index contributed by atoms with van der Waals surface area (Å²) < 4.78 is 4.62. The molecule has 21 heavy (non-hydrogen) atoms. The number of ether oxygens (including phenoxy) is 1. The number of rotatable bonds is 5. The van der Waals surface area contributed by atoms with Crippen LogP contribution in [-0.2, 0) is 25.5 Å². The SMILES string of the molecule is COC(=O)C1CC(=O)N([C@@H](Cc2ccccc2)C(=O)O)C1. The predicted molar refractivity (Wildman–Crippen MR) is 73.4 cm³/mol. The highest BCUT2D eigenvalue weighted by atomic mass is 16.5. The molecule has 2 rings (SSSR count). The van der Waals surface area contributed by atoms with Gasteiger partial charge in [-0.3, -0.25) is 9.59 Å². The number of hydrogen-bond donors (Lipinski definition) is 1. The first-order valence-corrected chi connectivity index (χ1v) is 6.67. The fraction of sp³-hybridized carbons (Fsp3) is 0.400. The number of likely N-dealkylation sites (tertiary alicyclic amines) is 1. The summed E-state index contributed by atoms with van der Waals surface area (Å²) in [5, 5.41) is 9.38. The number of amides is 1. The fourth-order valence-electron chi connectivity index (χ4n) is 2.53. The maximum Gasteiger partial charge on any atom is 0.326 e. The predicted octanol–water partition coefficient (Wildman–Crippen LogP) is 0.704. The van der Waals surface area contributed by atoms with Gasteiger partial charge in [0.05, 0.1) is 13.0 Å². The van der Waals surface area contributed by atoms with Crippen LogP contribution < -0.4 is 0 Å². The van der Waals surface area contributed by atoms with E-state index >= 15 is 0 Å². The lowest BCUT2D eigenvalue weighted by molar-refractivity contribution is -0.148. The largest absolute Gasteiger partial charge is 0.480 e. The second-order valence-electron chi connectivity index (χ2n) is 5.01. The van der Waals surface area contributed by atoms with Crippen LogP contribution in [0.15, 0.2) is 30.3 Å². The summed E-state index contributed by atoms with van der Waals surface area (Å²) >= 11 is 0. The first kappa shape index (κ1) is 15.0. The van der Waals surface area contributed by atoms with Crippen LogP contribution in [0.25, 0.3) is 0 Å². The van der Waals surface area contributed by atoms with Gasteiger partial charge in [-0.25, -0.2) is 4.79 Å². The smallest absolute Gasteiger partial charge is 0.326 e. The van der Waals surface area contributed by atoms with Crippen LogP contribution >= 0.6 is 0 Å². The van der Waals surface area contributed by atoms with Gasteiger partial charge >= 0.3 is 11.9 Å². The molecule has 0 aromatic heterocycles. The Hall–Kier alpha value is -2.37. The van der Waals surface area contributed by atoms with E-state index < -0.39 is 23.9 Å². The molecule has 6 heteroatoms. The fourth-order valence-corrected chi connectivity index (χ4v) is 2.53. The second-order valence-corrected chi connectivity index (χ2v) is 5.01. The van der Waals surface area contributed by atoms with Crippen LogP contribution in [0.2, 0.25) is 0 Å². The minimum atomic E-state index is -1.07. The van der Waals surface area contributed by atoms with E-state index in [1.807, 2.05) is 30.3 Å². The van der Waals surface area contributed by atoms with Gasteiger partial charge in [0.1, 0.15) is 6.04 Å². The van der Waals surface area contributed by atoms with Crippen molar-refractivity contribution in [1.82, 2.24) is 4.90 Å². The Morgan fingerprint density at radius 1 is 1.38 bits per heavy atom. The third-order valence-electron chi connectivity index (χ3n) is 3.63. The number of carbonyl (C=O) groups is 3. The van der Waals surface area contributed by atoms with Crippen molar-refractivity contribution in [2.45, 2.75) is 18.9 Å². The van der Waals surface area contributed by atoms with E-state index in [1.165, 1.54) is 12.0 Å². The van der Waals surface area contributed by atoms with E-state index in [4.69, 9.17) is 0 Å². The van der Waals surface area contributed by atoms with Crippen molar-refractivity contribution in [3.63, 3.8) is 0 Å². The zero-order valence-electron chi connectivity index (χ0n) is 11.7. The van der Waals surface area contributed by atoms with Gasteiger partial charge in [-0.1, -0.05) is 30.3 Å². The number of hydrogen-bond acceptors (Lipinski definition) is 4. The van der Waals surface area contributed by atoms with Crippen molar-refractivity contribution in [3.8, 4) is 0 Å². The molecule has 0 radical (unpaired) electrons. The quantitative estimate of drug-likeness (QED) is 0.807. The van der Waals surface area contributed by atoms with Gasteiger partial charge in [-0.05, 0) is 5.56 Å². The third kappa shape index (κ3) is 3.39. The van der Waals surface area contributed by atoms with Gasteiger partial charge in [-0.15, -0.1) is 0 Å². The molecule has 0 spiro atoms. The molecule has 1 aliphatic rings. The molecule has 1 heterocycles. The molecule has 1 aromatic carbocycles. The Balaban J connectivity index is 2.14. The molecular weight excluding hydrogens is 274 g/mol. The average Bonchev–Trinajstić information content (AvgIpc) is 2.86. The molecule has 0 saturated carbocycles. The van der Waals surface area contributed by atoms with Crippen molar-refractivity contribution in [2.24, 2.45) is 5.92 Å².